The van der Waals surface area contributed by atoms with Crippen LogP contribution in [0.3, 0.4) is 0 Å². The molecule has 3 rings (SSSR count). The van der Waals surface area contributed by atoms with E-state index < -0.39 is 17.2 Å². The van der Waals surface area contributed by atoms with Crippen LogP contribution in [-0.2, 0) is 6.18 Å². The van der Waals surface area contributed by atoms with E-state index in [4.69, 9.17) is 0 Å². The lowest BCUT2D eigenvalue weighted by Crippen LogP contribution is -2.50. The summed E-state index contributed by atoms with van der Waals surface area (Å²) in [6.45, 7) is 2.17. The number of nitrogens with one attached hydrogen (secondary N) is 1. The summed E-state index contributed by atoms with van der Waals surface area (Å²) in [4.78, 5) is 19.7. The van der Waals surface area contributed by atoms with Gasteiger partial charge in [-0.15, -0.1) is 10.2 Å². The molecule has 0 bridgehead atoms. The lowest BCUT2D eigenvalue weighted by molar-refractivity contribution is -0.138. The van der Waals surface area contributed by atoms with Crippen LogP contribution in [0.5, 0.6) is 0 Å². The summed E-state index contributed by atoms with van der Waals surface area (Å²) in [5, 5.41) is 7.50. The predicted octanol–water partition coefficient (Wildman–Crippen LogP) is 2.31. The van der Waals surface area contributed by atoms with Gasteiger partial charge in [0.25, 0.3) is 0 Å². The number of rotatable bonds is 2. The number of amides is 2. The summed E-state index contributed by atoms with van der Waals surface area (Å²) in [6.07, 6.45) is -1.17. The van der Waals surface area contributed by atoms with Crippen molar-refractivity contribution in [2.45, 2.75) is 6.18 Å². The Labute approximate surface area is 139 Å². The highest BCUT2D eigenvalue weighted by Gasteiger charge is 2.36. The molecule has 1 fully saturated rings. The molecular weight excluding hydrogens is 345 g/mol. The van der Waals surface area contributed by atoms with Gasteiger partial charge in [0.15, 0.2) is 0 Å². The maximum atomic E-state index is 12.5. The number of hydrogen-bond donors (Lipinski definition) is 1. The second kappa shape index (κ2) is 6.59. The predicted molar refractivity (Wildman–Crippen MR) is 82.0 cm³/mol. The van der Waals surface area contributed by atoms with E-state index in [9.17, 15) is 18.0 Å². The van der Waals surface area contributed by atoms with Gasteiger partial charge in [-0.05, 0) is 12.1 Å². The Bertz CT molecular complexity index is 699. The van der Waals surface area contributed by atoms with Crippen molar-refractivity contribution < 1.29 is 18.0 Å². The molecule has 1 N–H and O–H groups in total. The molecule has 0 unspecified atom stereocenters. The third-order valence-electron chi connectivity index (χ3n) is 3.48. The zero-order valence-corrected chi connectivity index (χ0v) is 13.1. The molecule has 3 heterocycles. The van der Waals surface area contributed by atoms with Crippen molar-refractivity contribution in [3.05, 3.63) is 29.5 Å². The molecule has 2 aromatic rings. The third-order valence-corrected chi connectivity index (χ3v) is 4.36. The van der Waals surface area contributed by atoms with Crippen LogP contribution < -0.4 is 10.2 Å². The van der Waals surface area contributed by atoms with Crippen LogP contribution >= 0.6 is 11.3 Å². The highest BCUT2D eigenvalue weighted by atomic mass is 32.1. The van der Waals surface area contributed by atoms with Gasteiger partial charge in [0.05, 0.1) is 0 Å². The van der Waals surface area contributed by atoms with Crippen LogP contribution in [0.2, 0.25) is 0 Å². The molecule has 128 valence electrons. The molecule has 0 aromatic carbocycles. The SMILES string of the molecule is O=C(Nc1nnc(C(F)(F)F)s1)N1CCN(c2ccncc2)CC1. The van der Waals surface area contributed by atoms with Crippen molar-refractivity contribution in [1.82, 2.24) is 20.1 Å². The molecule has 0 radical (unpaired) electrons. The Morgan fingerprint density at radius 2 is 1.79 bits per heavy atom. The number of alkyl halides is 3. The van der Waals surface area contributed by atoms with Gasteiger partial charge in [-0.25, -0.2) is 4.79 Å². The number of nitrogens with zero attached hydrogens (tertiary/aromatic N) is 5. The molecule has 0 saturated carbocycles. The van der Waals surface area contributed by atoms with Crippen molar-refractivity contribution in [2.24, 2.45) is 0 Å². The van der Waals surface area contributed by atoms with E-state index in [1.54, 1.807) is 12.4 Å². The molecular formula is C13H13F3N6OS. The number of piperazine rings is 1. The molecule has 0 atom stereocenters. The Morgan fingerprint density at radius 3 is 2.38 bits per heavy atom. The second-order valence-electron chi connectivity index (χ2n) is 5.02. The highest BCUT2D eigenvalue weighted by molar-refractivity contribution is 7.15. The summed E-state index contributed by atoms with van der Waals surface area (Å²) >= 11 is 0.306. The fourth-order valence-corrected chi connectivity index (χ4v) is 2.88. The quantitative estimate of drug-likeness (QED) is 0.892. The summed E-state index contributed by atoms with van der Waals surface area (Å²) in [6, 6.07) is 3.29. The van der Waals surface area contributed by atoms with Gasteiger partial charge in [-0.1, -0.05) is 11.3 Å². The number of anilines is 2. The maximum absolute atomic E-state index is 12.5. The minimum absolute atomic E-state index is 0.163. The first kappa shape index (κ1) is 16.4. The molecule has 1 aliphatic rings. The number of pyridine rings is 1. The Morgan fingerprint density at radius 1 is 1.12 bits per heavy atom. The van der Waals surface area contributed by atoms with Gasteiger partial charge < -0.3 is 9.80 Å². The van der Waals surface area contributed by atoms with E-state index in [-0.39, 0.29) is 5.13 Å². The van der Waals surface area contributed by atoms with E-state index >= 15 is 0 Å². The molecule has 1 aliphatic heterocycles. The van der Waals surface area contributed by atoms with Gasteiger partial charge in [0.1, 0.15) is 0 Å². The van der Waals surface area contributed by atoms with Gasteiger partial charge in [0.2, 0.25) is 10.1 Å². The number of aromatic nitrogens is 3. The fraction of sp³-hybridized carbons (Fsp3) is 0.385. The Balaban J connectivity index is 1.55. The minimum atomic E-state index is -4.56. The van der Waals surface area contributed by atoms with Crippen molar-refractivity contribution in [2.75, 3.05) is 36.4 Å². The third kappa shape index (κ3) is 3.72. The molecule has 2 amide bonds. The molecule has 0 aliphatic carbocycles. The number of carbonyl (C=O) groups excluding carboxylic acids is 1. The summed E-state index contributed by atoms with van der Waals surface area (Å²) in [5.74, 6) is 0. The van der Waals surface area contributed by atoms with E-state index in [0.717, 1.165) is 5.69 Å². The molecule has 0 spiro atoms. The van der Waals surface area contributed by atoms with E-state index in [1.807, 2.05) is 12.1 Å². The van der Waals surface area contributed by atoms with Gasteiger partial charge in [-0.3, -0.25) is 10.3 Å². The van der Waals surface area contributed by atoms with Crippen molar-refractivity contribution >= 4 is 28.2 Å². The van der Waals surface area contributed by atoms with Crippen molar-refractivity contribution in [3.63, 3.8) is 0 Å². The summed E-state index contributed by atoms with van der Waals surface area (Å²) in [7, 11) is 0. The summed E-state index contributed by atoms with van der Waals surface area (Å²) < 4.78 is 37.4. The summed E-state index contributed by atoms with van der Waals surface area (Å²) in [5.41, 5.74) is 1.02. The standard InChI is InChI=1S/C13H13F3N6OS/c14-13(15,16)10-19-20-11(24-10)18-12(23)22-7-5-21(6-8-22)9-1-3-17-4-2-9/h1-4H,5-8H2,(H,18,20,23). The van der Waals surface area contributed by atoms with Crippen LogP contribution in [0.25, 0.3) is 0 Å². The fourth-order valence-electron chi connectivity index (χ4n) is 2.28. The Hall–Kier alpha value is -2.43. The smallest absolute Gasteiger partial charge is 0.368 e. The van der Waals surface area contributed by atoms with Crippen molar-refractivity contribution in [1.29, 1.82) is 0 Å². The van der Waals surface area contributed by atoms with E-state index in [1.165, 1.54) is 4.90 Å². The van der Waals surface area contributed by atoms with E-state index in [0.29, 0.717) is 37.5 Å². The average molecular weight is 358 g/mol. The van der Waals surface area contributed by atoms with Crippen LogP contribution in [0.15, 0.2) is 24.5 Å². The molecule has 11 heteroatoms. The molecule has 7 nitrogen and oxygen atoms in total. The average Bonchev–Trinajstić information content (AvgIpc) is 3.05. The molecule has 2 aromatic heterocycles. The molecule has 24 heavy (non-hydrogen) atoms. The lowest BCUT2D eigenvalue weighted by Gasteiger charge is -2.35. The largest absolute Gasteiger partial charge is 0.445 e. The molecule has 1 saturated heterocycles. The zero-order valence-electron chi connectivity index (χ0n) is 12.3. The first-order chi connectivity index (χ1) is 11.4. The monoisotopic (exact) mass is 358 g/mol. The number of halogens is 3. The lowest BCUT2D eigenvalue weighted by atomic mass is 10.3. The number of urea groups is 1. The number of carbonyl (C=O) groups is 1. The van der Waals surface area contributed by atoms with E-state index in [2.05, 4.69) is 25.4 Å². The van der Waals surface area contributed by atoms with Crippen molar-refractivity contribution in [3.8, 4) is 0 Å². The van der Waals surface area contributed by atoms with Crippen LogP contribution in [-0.4, -0.2) is 52.3 Å². The minimum Gasteiger partial charge on any atom is -0.368 e. The number of hydrogen-bond acceptors (Lipinski definition) is 6. The first-order valence-corrected chi connectivity index (χ1v) is 7.87. The van der Waals surface area contributed by atoms with Crippen LogP contribution in [0, 0.1) is 0 Å². The topological polar surface area (TPSA) is 74.2 Å². The Kier molecular flexibility index (Phi) is 4.51. The highest BCUT2D eigenvalue weighted by Crippen LogP contribution is 2.33. The normalized spacial score (nSPS) is 15.5. The van der Waals surface area contributed by atoms with Crippen LogP contribution in [0.1, 0.15) is 5.01 Å². The van der Waals surface area contributed by atoms with Gasteiger partial charge in [-0.2, -0.15) is 13.2 Å². The van der Waals surface area contributed by atoms with Crippen LogP contribution in [0.4, 0.5) is 28.8 Å². The van der Waals surface area contributed by atoms with Gasteiger partial charge >= 0.3 is 12.2 Å². The zero-order chi connectivity index (χ0) is 17.2. The first-order valence-electron chi connectivity index (χ1n) is 7.05. The maximum Gasteiger partial charge on any atom is 0.445 e. The van der Waals surface area contributed by atoms with Gasteiger partial charge in [0, 0.05) is 44.3 Å². The second-order valence-corrected chi connectivity index (χ2v) is 6.00.